The van der Waals surface area contributed by atoms with Gasteiger partial charge in [0.05, 0.1) is 16.2 Å². The number of carboxylic acids is 1. The first-order valence-corrected chi connectivity index (χ1v) is 4.12. The second kappa shape index (κ2) is 4.00. The number of para-hydroxylation sites is 1. The summed E-state index contributed by atoms with van der Waals surface area (Å²) in [4.78, 5) is 11.3. The van der Waals surface area contributed by atoms with E-state index in [1.165, 1.54) is 6.07 Å². The van der Waals surface area contributed by atoms with Gasteiger partial charge in [0, 0.05) is 0 Å². The summed E-state index contributed by atoms with van der Waals surface area (Å²) in [7, 11) is 0. The monoisotopic (exact) mass is 195 g/mol. The highest BCUT2D eigenvalue weighted by Gasteiger charge is 2.07. The molecule has 13 heavy (non-hydrogen) atoms. The Balaban J connectivity index is 3.04. The molecule has 0 aromatic heterocycles. The molecule has 1 rings (SSSR count). The van der Waals surface area contributed by atoms with Crippen LogP contribution >= 0.6 is 12.2 Å². The molecule has 0 heterocycles. The maximum atomic E-state index is 10.7. The van der Waals surface area contributed by atoms with Crippen LogP contribution in [0.3, 0.4) is 0 Å². The van der Waals surface area contributed by atoms with Gasteiger partial charge in [-0.3, -0.25) is 0 Å². The second-order valence-corrected chi connectivity index (χ2v) is 3.14. The van der Waals surface area contributed by atoms with Gasteiger partial charge in [0.25, 0.3) is 0 Å². The third kappa shape index (κ3) is 2.52. The fraction of sp³-hybridized carbons (Fsp3) is 0.111. The number of benzene rings is 1. The lowest BCUT2D eigenvalue weighted by molar-refractivity contribution is 0.0698. The molecular formula is C9H9NO2S. The van der Waals surface area contributed by atoms with Crippen molar-refractivity contribution in [2.24, 2.45) is 0 Å². The third-order valence-corrected chi connectivity index (χ3v) is 1.57. The van der Waals surface area contributed by atoms with E-state index < -0.39 is 5.97 Å². The van der Waals surface area contributed by atoms with Crippen LogP contribution in [-0.4, -0.2) is 16.1 Å². The van der Waals surface area contributed by atoms with E-state index in [9.17, 15) is 4.79 Å². The van der Waals surface area contributed by atoms with Gasteiger partial charge < -0.3 is 10.4 Å². The number of nitrogens with one attached hydrogen (secondary N) is 1. The highest BCUT2D eigenvalue weighted by molar-refractivity contribution is 7.80. The van der Waals surface area contributed by atoms with E-state index in [0.29, 0.717) is 10.7 Å². The van der Waals surface area contributed by atoms with E-state index in [-0.39, 0.29) is 5.56 Å². The van der Waals surface area contributed by atoms with Crippen LogP contribution in [0.25, 0.3) is 0 Å². The van der Waals surface area contributed by atoms with Crippen molar-refractivity contribution in [1.29, 1.82) is 0 Å². The summed E-state index contributed by atoms with van der Waals surface area (Å²) in [5.74, 6) is -0.959. The maximum Gasteiger partial charge on any atom is 0.337 e. The molecule has 0 bridgehead atoms. The fourth-order valence-corrected chi connectivity index (χ4v) is 1.08. The lowest BCUT2D eigenvalue weighted by Gasteiger charge is -2.06. The zero-order valence-corrected chi connectivity index (χ0v) is 7.89. The molecule has 0 aliphatic heterocycles. The standard InChI is InChI=1S/C9H9NO2S/c1-6(13)10-8-5-3-2-4-7(8)9(11)12/h2-5H,1H3,(H,10,13)(H,11,12). The summed E-state index contributed by atoms with van der Waals surface area (Å²) in [6.45, 7) is 1.70. The maximum absolute atomic E-state index is 10.7. The molecule has 3 nitrogen and oxygen atoms in total. The Kier molecular flexibility index (Phi) is 2.97. The highest BCUT2D eigenvalue weighted by Crippen LogP contribution is 2.14. The molecule has 68 valence electrons. The van der Waals surface area contributed by atoms with Crippen molar-refractivity contribution in [3.05, 3.63) is 29.8 Å². The van der Waals surface area contributed by atoms with Crippen LogP contribution in [-0.2, 0) is 0 Å². The molecule has 4 heteroatoms. The topological polar surface area (TPSA) is 49.3 Å². The van der Waals surface area contributed by atoms with Crippen LogP contribution in [0.5, 0.6) is 0 Å². The van der Waals surface area contributed by atoms with Crippen LogP contribution in [0.2, 0.25) is 0 Å². The number of anilines is 1. The molecule has 0 aliphatic carbocycles. The Morgan fingerprint density at radius 3 is 2.62 bits per heavy atom. The fourth-order valence-electron chi connectivity index (χ4n) is 0.968. The summed E-state index contributed by atoms with van der Waals surface area (Å²) in [5, 5.41) is 11.6. The van der Waals surface area contributed by atoms with Crippen LogP contribution in [0.4, 0.5) is 5.69 Å². The summed E-state index contributed by atoms with van der Waals surface area (Å²) in [5.41, 5.74) is 0.759. The number of carbonyl (C=O) groups is 1. The SMILES string of the molecule is CC(=S)Nc1ccccc1C(=O)O. The number of rotatable bonds is 2. The van der Waals surface area contributed by atoms with Gasteiger partial charge >= 0.3 is 5.97 Å². The van der Waals surface area contributed by atoms with Crippen LogP contribution in [0.15, 0.2) is 24.3 Å². The van der Waals surface area contributed by atoms with Gasteiger partial charge in [-0.2, -0.15) is 0 Å². The zero-order chi connectivity index (χ0) is 9.84. The van der Waals surface area contributed by atoms with Gasteiger partial charge in [0.15, 0.2) is 0 Å². The second-order valence-electron chi connectivity index (χ2n) is 2.53. The van der Waals surface area contributed by atoms with Gasteiger partial charge in [-0.05, 0) is 19.1 Å². The average molecular weight is 195 g/mol. The number of aromatic carboxylic acids is 1. The van der Waals surface area contributed by atoms with E-state index in [0.717, 1.165) is 0 Å². The number of carboxylic acid groups (broad SMARTS) is 1. The average Bonchev–Trinajstić information content (AvgIpc) is 2.03. The minimum absolute atomic E-state index is 0.228. The molecule has 1 aromatic rings. The van der Waals surface area contributed by atoms with Gasteiger partial charge in [-0.25, -0.2) is 4.79 Å². The van der Waals surface area contributed by atoms with Gasteiger partial charge in [-0.1, -0.05) is 24.4 Å². The molecule has 0 saturated heterocycles. The number of thiocarbonyl (C=S) groups is 1. The first kappa shape index (κ1) is 9.67. The Bertz CT molecular complexity index is 349. The predicted octanol–water partition coefficient (Wildman–Crippen LogP) is 2.14. The Hall–Kier alpha value is -1.42. The van der Waals surface area contributed by atoms with E-state index in [1.807, 2.05) is 0 Å². The smallest absolute Gasteiger partial charge is 0.337 e. The summed E-state index contributed by atoms with van der Waals surface area (Å²) >= 11 is 4.82. The minimum Gasteiger partial charge on any atom is -0.478 e. The van der Waals surface area contributed by atoms with Crippen molar-refractivity contribution in [2.75, 3.05) is 5.32 Å². The first-order valence-electron chi connectivity index (χ1n) is 3.71. The summed E-state index contributed by atoms with van der Waals surface area (Å²) in [6, 6.07) is 6.64. The van der Waals surface area contributed by atoms with Crippen molar-refractivity contribution in [2.45, 2.75) is 6.92 Å². The summed E-state index contributed by atoms with van der Waals surface area (Å²) in [6.07, 6.45) is 0. The molecular weight excluding hydrogens is 186 g/mol. The van der Waals surface area contributed by atoms with Crippen LogP contribution < -0.4 is 5.32 Å². The molecule has 0 aliphatic rings. The Morgan fingerprint density at radius 2 is 2.08 bits per heavy atom. The number of hydrogen-bond donors (Lipinski definition) is 2. The quantitative estimate of drug-likeness (QED) is 0.710. The largest absolute Gasteiger partial charge is 0.478 e. The van der Waals surface area contributed by atoms with E-state index in [1.54, 1.807) is 25.1 Å². The molecule has 1 aromatic carbocycles. The minimum atomic E-state index is -0.959. The molecule has 0 saturated carbocycles. The zero-order valence-electron chi connectivity index (χ0n) is 7.07. The first-order chi connectivity index (χ1) is 6.11. The molecule has 2 N–H and O–H groups in total. The lowest BCUT2D eigenvalue weighted by atomic mass is 10.2. The van der Waals surface area contributed by atoms with Crippen molar-refractivity contribution in [1.82, 2.24) is 0 Å². The third-order valence-electron chi connectivity index (χ3n) is 1.47. The van der Waals surface area contributed by atoms with E-state index in [2.05, 4.69) is 5.32 Å². The van der Waals surface area contributed by atoms with Gasteiger partial charge in [0.1, 0.15) is 0 Å². The molecule has 0 atom stereocenters. The normalized spacial score (nSPS) is 9.31. The molecule has 0 spiro atoms. The van der Waals surface area contributed by atoms with Crippen molar-refractivity contribution in [3.63, 3.8) is 0 Å². The van der Waals surface area contributed by atoms with Crippen molar-refractivity contribution in [3.8, 4) is 0 Å². The van der Waals surface area contributed by atoms with Gasteiger partial charge in [-0.15, -0.1) is 0 Å². The Morgan fingerprint density at radius 1 is 1.46 bits per heavy atom. The van der Waals surface area contributed by atoms with Crippen LogP contribution in [0.1, 0.15) is 17.3 Å². The van der Waals surface area contributed by atoms with Crippen molar-refractivity contribution >= 4 is 28.9 Å². The van der Waals surface area contributed by atoms with Gasteiger partial charge in [0.2, 0.25) is 0 Å². The number of hydrogen-bond acceptors (Lipinski definition) is 2. The predicted molar refractivity (Wildman–Crippen MR) is 55.3 cm³/mol. The van der Waals surface area contributed by atoms with E-state index >= 15 is 0 Å². The lowest BCUT2D eigenvalue weighted by Crippen LogP contribution is -2.08. The molecule has 0 unspecified atom stereocenters. The van der Waals surface area contributed by atoms with E-state index in [4.69, 9.17) is 17.3 Å². The highest BCUT2D eigenvalue weighted by atomic mass is 32.1. The molecule has 0 fully saturated rings. The van der Waals surface area contributed by atoms with Crippen molar-refractivity contribution < 1.29 is 9.90 Å². The Labute approximate surface area is 81.4 Å². The molecule has 0 amide bonds. The van der Waals surface area contributed by atoms with Crippen LogP contribution in [0, 0.1) is 0 Å². The molecule has 0 radical (unpaired) electrons. The summed E-state index contributed by atoms with van der Waals surface area (Å²) < 4.78 is 0.